The second-order valence-corrected chi connectivity index (χ2v) is 5.84. The molecule has 1 aromatic carbocycles. The maximum Gasteiger partial charge on any atom is 0.254 e. The number of carbonyl (C=O) groups excluding carboxylic acids is 1. The summed E-state index contributed by atoms with van der Waals surface area (Å²) in [5.41, 5.74) is 1.89. The average molecular weight is 300 g/mol. The molecule has 4 heteroatoms. The molecule has 22 heavy (non-hydrogen) atoms. The smallest absolute Gasteiger partial charge is 0.254 e. The van der Waals surface area contributed by atoms with Crippen molar-refractivity contribution in [3.63, 3.8) is 0 Å². The van der Waals surface area contributed by atoms with E-state index in [4.69, 9.17) is 4.42 Å². The van der Waals surface area contributed by atoms with E-state index < -0.39 is 0 Å². The monoisotopic (exact) mass is 300 g/mol. The van der Waals surface area contributed by atoms with Gasteiger partial charge < -0.3 is 14.6 Å². The lowest BCUT2D eigenvalue weighted by molar-refractivity contribution is 0.0940. The zero-order chi connectivity index (χ0) is 16.1. The molecule has 1 aromatic heterocycles. The van der Waals surface area contributed by atoms with E-state index in [0.29, 0.717) is 17.9 Å². The maximum atomic E-state index is 12.3. The number of nitrogens with one attached hydrogen (secondary N) is 1. The Morgan fingerprint density at radius 3 is 2.45 bits per heavy atom. The van der Waals surface area contributed by atoms with Gasteiger partial charge in [0, 0.05) is 12.6 Å². The summed E-state index contributed by atoms with van der Waals surface area (Å²) in [6, 6.07) is 12.4. The molecule has 0 aliphatic heterocycles. The van der Waals surface area contributed by atoms with Gasteiger partial charge in [0.1, 0.15) is 11.5 Å². The van der Waals surface area contributed by atoms with E-state index in [9.17, 15) is 4.79 Å². The Morgan fingerprint density at radius 2 is 1.91 bits per heavy atom. The highest BCUT2D eigenvalue weighted by molar-refractivity contribution is 5.95. The van der Waals surface area contributed by atoms with E-state index in [-0.39, 0.29) is 11.9 Å². The van der Waals surface area contributed by atoms with Crippen molar-refractivity contribution >= 4 is 5.91 Å². The lowest BCUT2D eigenvalue weighted by atomic mass is 10.1. The van der Waals surface area contributed by atoms with Gasteiger partial charge in [-0.15, -0.1) is 0 Å². The summed E-state index contributed by atoms with van der Waals surface area (Å²) >= 11 is 0. The van der Waals surface area contributed by atoms with Crippen LogP contribution in [0, 0.1) is 13.8 Å². The number of hydrogen-bond donors (Lipinski definition) is 1. The normalized spacial score (nSPS) is 12.4. The fourth-order valence-corrected chi connectivity index (χ4v) is 2.49. The lowest BCUT2D eigenvalue weighted by Crippen LogP contribution is -2.41. The molecular formula is C18H24N2O2. The van der Waals surface area contributed by atoms with Gasteiger partial charge in [0.15, 0.2) is 0 Å². The van der Waals surface area contributed by atoms with Crippen LogP contribution in [-0.4, -0.2) is 37.5 Å². The highest BCUT2D eigenvalue weighted by Gasteiger charge is 2.17. The van der Waals surface area contributed by atoms with E-state index in [2.05, 4.69) is 22.3 Å². The molecule has 0 saturated heterocycles. The molecule has 4 nitrogen and oxygen atoms in total. The van der Waals surface area contributed by atoms with E-state index in [1.54, 1.807) is 6.07 Å². The van der Waals surface area contributed by atoms with Crippen molar-refractivity contribution in [2.75, 3.05) is 20.6 Å². The minimum Gasteiger partial charge on any atom is -0.466 e. The number of furan rings is 1. The highest BCUT2D eigenvalue weighted by atomic mass is 16.3. The first kappa shape index (κ1) is 16.3. The first-order valence-electron chi connectivity index (χ1n) is 7.53. The van der Waals surface area contributed by atoms with Gasteiger partial charge in [-0.25, -0.2) is 0 Å². The first-order chi connectivity index (χ1) is 10.5. The third kappa shape index (κ3) is 4.21. The fourth-order valence-electron chi connectivity index (χ4n) is 2.49. The van der Waals surface area contributed by atoms with Crippen LogP contribution in [0.2, 0.25) is 0 Å². The zero-order valence-corrected chi connectivity index (χ0v) is 13.7. The predicted octanol–water partition coefficient (Wildman–Crippen LogP) is 2.80. The Balaban J connectivity index is 1.97. The summed E-state index contributed by atoms with van der Waals surface area (Å²) in [5, 5.41) is 3.01. The number of rotatable bonds is 6. The Morgan fingerprint density at radius 1 is 1.23 bits per heavy atom. The van der Waals surface area contributed by atoms with Crippen LogP contribution in [0.25, 0.3) is 0 Å². The first-order valence-corrected chi connectivity index (χ1v) is 7.53. The molecule has 0 radical (unpaired) electrons. The molecule has 0 spiro atoms. The predicted molar refractivity (Wildman–Crippen MR) is 88.1 cm³/mol. The molecule has 0 aliphatic rings. The Labute approximate surface area is 132 Å². The number of likely N-dealkylation sites (N-methyl/N-ethyl adjacent to an activating group) is 1. The van der Waals surface area contributed by atoms with Crippen LogP contribution in [0.5, 0.6) is 0 Å². The Hall–Kier alpha value is -2.07. The Kier molecular flexibility index (Phi) is 5.39. The van der Waals surface area contributed by atoms with Gasteiger partial charge in [-0.05, 0) is 46.0 Å². The van der Waals surface area contributed by atoms with Crippen LogP contribution >= 0.6 is 0 Å². The summed E-state index contributed by atoms with van der Waals surface area (Å²) in [5.74, 6) is 1.35. The van der Waals surface area contributed by atoms with Crippen LogP contribution in [0.3, 0.4) is 0 Å². The molecule has 0 fully saturated rings. The van der Waals surface area contributed by atoms with Gasteiger partial charge in [0.05, 0.1) is 5.56 Å². The molecule has 2 rings (SSSR count). The second-order valence-electron chi connectivity index (χ2n) is 5.84. The summed E-state index contributed by atoms with van der Waals surface area (Å²) < 4.78 is 5.41. The van der Waals surface area contributed by atoms with Crippen molar-refractivity contribution < 1.29 is 9.21 Å². The van der Waals surface area contributed by atoms with Gasteiger partial charge in [-0.1, -0.05) is 30.3 Å². The van der Waals surface area contributed by atoms with Gasteiger partial charge in [0.25, 0.3) is 5.91 Å². The Bertz CT molecular complexity index is 617. The lowest BCUT2D eigenvalue weighted by Gasteiger charge is -2.24. The van der Waals surface area contributed by atoms with Crippen molar-refractivity contribution in [2.45, 2.75) is 26.3 Å². The molecule has 1 heterocycles. The number of hydrogen-bond acceptors (Lipinski definition) is 3. The SMILES string of the molecule is Cc1cc(C(=O)NCC(Cc2ccccc2)N(C)C)c(C)o1. The van der Waals surface area contributed by atoms with Crippen LogP contribution in [0.1, 0.15) is 27.4 Å². The van der Waals surface area contributed by atoms with Crippen molar-refractivity contribution in [1.82, 2.24) is 10.2 Å². The van der Waals surface area contributed by atoms with Gasteiger partial charge in [-0.3, -0.25) is 4.79 Å². The highest BCUT2D eigenvalue weighted by Crippen LogP contribution is 2.13. The topological polar surface area (TPSA) is 45.5 Å². The molecule has 1 amide bonds. The second kappa shape index (κ2) is 7.27. The van der Waals surface area contributed by atoms with Crippen molar-refractivity contribution in [2.24, 2.45) is 0 Å². The third-order valence-electron chi connectivity index (χ3n) is 3.83. The summed E-state index contributed by atoms with van der Waals surface area (Å²) in [7, 11) is 4.07. The number of benzene rings is 1. The number of aryl methyl sites for hydroxylation is 2. The fraction of sp³-hybridized carbons (Fsp3) is 0.389. The van der Waals surface area contributed by atoms with E-state index in [1.807, 2.05) is 46.1 Å². The average Bonchev–Trinajstić information content (AvgIpc) is 2.82. The molecule has 1 N–H and O–H groups in total. The number of carbonyl (C=O) groups is 1. The van der Waals surface area contributed by atoms with Crippen molar-refractivity contribution in [1.29, 1.82) is 0 Å². The van der Waals surface area contributed by atoms with Crippen LogP contribution < -0.4 is 5.32 Å². The van der Waals surface area contributed by atoms with Crippen molar-refractivity contribution in [3.8, 4) is 0 Å². The molecule has 1 atom stereocenters. The van der Waals surface area contributed by atoms with E-state index in [0.717, 1.165) is 12.2 Å². The van der Waals surface area contributed by atoms with E-state index >= 15 is 0 Å². The standard InChI is InChI=1S/C18H24N2O2/c1-13-10-17(14(2)22-13)18(21)19-12-16(20(3)4)11-15-8-6-5-7-9-15/h5-10,16H,11-12H2,1-4H3,(H,19,21). The van der Waals surface area contributed by atoms with Gasteiger partial charge in [0.2, 0.25) is 0 Å². The van der Waals surface area contributed by atoms with Gasteiger partial charge in [-0.2, -0.15) is 0 Å². The summed E-state index contributed by atoms with van der Waals surface area (Å²) in [4.78, 5) is 14.4. The van der Waals surface area contributed by atoms with Crippen molar-refractivity contribution in [3.05, 3.63) is 59.0 Å². The van der Waals surface area contributed by atoms with Crippen LogP contribution in [-0.2, 0) is 6.42 Å². The molecular weight excluding hydrogens is 276 g/mol. The molecule has 2 aromatic rings. The third-order valence-corrected chi connectivity index (χ3v) is 3.83. The quantitative estimate of drug-likeness (QED) is 0.892. The summed E-state index contributed by atoms with van der Waals surface area (Å²) in [6.07, 6.45) is 0.900. The van der Waals surface area contributed by atoms with Crippen LogP contribution in [0.15, 0.2) is 40.8 Å². The van der Waals surface area contributed by atoms with E-state index in [1.165, 1.54) is 5.56 Å². The zero-order valence-electron chi connectivity index (χ0n) is 13.7. The number of amides is 1. The molecule has 118 valence electrons. The minimum absolute atomic E-state index is 0.0748. The molecule has 0 aliphatic carbocycles. The van der Waals surface area contributed by atoms with Crippen LogP contribution in [0.4, 0.5) is 0 Å². The minimum atomic E-state index is -0.0748. The molecule has 1 unspecified atom stereocenters. The summed E-state index contributed by atoms with van der Waals surface area (Å²) in [6.45, 7) is 4.27. The maximum absolute atomic E-state index is 12.3. The number of nitrogens with zero attached hydrogens (tertiary/aromatic N) is 1. The molecule has 0 saturated carbocycles. The van der Waals surface area contributed by atoms with Gasteiger partial charge >= 0.3 is 0 Å². The molecule has 0 bridgehead atoms. The largest absolute Gasteiger partial charge is 0.466 e.